The number of sulfone groups is 1. The zero-order valence-electron chi connectivity index (χ0n) is 19.0. The molecule has 1 aliphatic carbocycles. The first-order chi connectivity index (χ1) is 15.0. The van der Waals surface area contributed by atoms with Gasteiger partial charge in [-0.25, -0.2) is 8.42 Å². The van der Waals surface area contributed by atoms with Gasteiger partial charge in [0.05, 0.1) is 28.8 Å². The Morgan fingerprint density at radius 3 is 2.44 bits per heavy atom. The molecule has 2 N–H and O–H groups in total. The number of hydrogen-bond donors (Lipinski definition) is 2. The molecule has 0 bridgehead atoms. The first kappa shape index (κ1) is 26.7. The van der Waals surface area contributed by atoms with Crippen LogP contribution in [-0.4, -0.2) is 56.7 Å². The van der Waals surface area contributed by atoms with Gasteiger partial charge < -0.3 is 10.6 Å². The molecular formula is C22H35F3N4O2S. The summed E-state index contributed by atoms with van der Waals surface area (Å²) >= 11 is 0. The Morgan fingerprint density at radius 2 is 1.88 bits per heavy atom. The molecule has 0 aromatic carbocycles. The average molecular weight is 477 g/mol. The average Bonchev–Trinajstić information content (AvgIpc) is 2.76. The van der Waals surface area contributed by atoms with E-state index in [1.165, 1.54) is 6.20 Å². The highest BCUT2D eigenvalue weighted by Crippen LogP contribution is 2.39. The number of hydrogen-bond acceptors (Lipinski definition) is 6. The topological polar surface area (TPSA) is 83.5 Å². The second kappa shape index (κ2) is 12.1. The maximum Gasteiger partial charge on any atom is 0.391 e. The fraction of sp³-hybridized carbons (Fsp3) is 0.727. The second-order valence-electron chi connectivity index (χ2n) is 8.64. The van der Waals surface area contributed by atoms with Gasteiger partial charge in [-0.2, -0.15) is 13.2 Å². The third-order valence-corrected chi connectivity index (χ3v) is 7.63. The zero-order chi connectivity index (χ0) is 23.8. The Kier molecular flexibility index (Phi) is 10.1. The van der Waals surface area contributed by atoms with E-state index in [-0.39, 0.29) is 35.6 Å². The molecule has 0 aliphatic heterocycles. The number of aliphatic imine (C=N–C) groups is 1. The van der Waals surface area contributed by atoms with E-state index in [4.69, 9.17) is 0 Å². The molecule has 1 aliphatic rings. The second-order valence-corrected chi connectivity index (χ2v) is 10.9. The molecule has 0 amide bonds. The molecule has 1 heterocycles. The molecular weight excluding hydrogens is 441 g/mol. The Morgan fingerprint density at radius 1 is 1.19 bits per heavy atom. The molecule has 1 saturated carbocycles. The summed E-state index contributed by atoms with van der Waals surface area (Å²) in [5, 5.41) is 6.66. The maximum atomic E-state index is 12.7. The quantitative estimate of drug-likeness (QED) is 0.475. The molecule has 0 saturated heterocycles. The Labute approximate surface area is 189 Å². The number of aromatic nitrogens is 1. The van der Waals surface area contributed by atoms with Crippen molar-refractivity contribution in [3.63, 3.8) is 0 Å². The normalized spacial score (nSPS) is 22.2. The molecule has 6 nitrogen and oxygen atoms in total. The number of pyridine rings is 1. The van der Waals surface area contributed by atoms with Crippen LogP contribution in [0.1, 0.15) is 52.1 Å². The molecule has 1 fully saturated rings. The van der Waals surface area contributed by atoms with Crippen molar-refractivity contribution in [2.45, 2.75) is 76.2 Å². The lowest BCUT2D eigenvalue weighted by molar-refractivity contribution is -0.183. The first-order valence-electron chi connectivity index (χ1n) is 11.2. The number of nitrogens with one attached hydrogen (secondary N) is 2. The smallest absolute Gasteiger partial charge is 0.312 e. The molecule has 1 aromatic rings. The Balaban J connectivity index is 1.64. The molecule has 1 aromatic heterocycles. The van der Waals surface area contributed by atoms with Crippen molar-refractivity contribution in [3.05, 3.63) is 24.0 Å². The van der Waals surface area contributed by atoms with Gasteiger partial charge in [-0.15, -0.1) is 0 Å². The molecule has 1 unspecified atom stereocenters. The molecule has 182 valence electrons. The summed E-state index contributed by atoms with van der Waals surface area (Å²) < 4.78 is 61.9. The van der Waals surface area contributed by atoms with Crippen molar-refractivity contribution in [2.75, 3.05) is 18.8 Å². The summed E-state index contributed by atoms with van der Waals surface area (Å²) in [6.07, 6.45) is 0.858. The highest BCUT2D eigenvalue weighted by atomic mass is 32.2. The van der Waals surface area contributed by atoms with Crippen LogP contribution in [0.3, 0.4) is 0 Å². The largest absolute Gasteiger partial charge is 0.391 e. The molecule has 32 heavy (non-hydrogen) atoms. The van der Waals surface area contributed by atoms with Gasteiger partial charge in [-0.05, 0) is 64.1 Å². The maximum absolute atomic E-state index is 12.7. The molecule has 2 atom stereocenters. The van der Waals surface area contributed by atoms with Crippen LogP contribution in [0.15, 0.2) is 28.2 Å². The van der Waals surface area contributed by atoms with Crippen molar-refractivity contribution >= 4 is 16.1 Å². The van der Waals surface area contributed by atoms with E-state index >= 15 is 0 Å². The van der Waals surface area contributed by atoms with Gasteiger partial charge in [0.1, 0.15) is 0 Å². The van der Waals surface area contributed by atoms with E-state index < -0.39 is 21.9 Å². The third-order valence-electron chi connectivity index (χ3n) is 5.91. The van der Waals surface area contributed by atoms with Crippen LogP contribution in [0.25, 0.3) is 0 Å². The minimum Gasteiger partial charge on any atom is -0.312 e. The Hall–Kier alpha value is -1.52. The van der Waals surface area contributed by atoms with Crippen LogP contribution in [0.5, 0.6) is 0 Å². The number of alkyl halides is 3. The van der Waals surface area contributed by atoms with E-state index in [0.29, 0.717) is 31.8 Å². The number of rotatable bonds is 11. The minimum atomic E-state index is -4.06. The highest BCUT2D eigenvalue weighted by Gasteiger charge is 2.41. The van der Waals surface area contributed by atoms with Crippen LogP contribution >= 0.6 is 0 Å². The summed E-state index contributed by atoms with van der Waals surface area (Å²) in [6, 6.07) is 3.44. The zero-order valence-corrected chi connectivity index (χ0v) is 19.8. The van der Waals surface area contributed by atoms with E-state index in [1.807, 2.05) is 20.1 Å². The fourth-order valence-corrected chi connectivity index (χ4v) is 4.51. The summed E-state index contributed by atoms with van der Waals surface area (Å²) in [5.74, 6) is -0.786. The third kappa shape index (κ3) is 8.78. The van der Waals surface area contributed by atoms with Crippen LogP contribution in [0, 0.1) is 11.8 Å². The van der Waals surface area contributed by atoms with Crippen LogP contribution in [0.2, 0.25) is 0 Å². The van der Waals surface area contributed by atoms with Crippen LogP contribution < -0.4 is 10.6 Å². The summed E-state index contributed by atoms with van der Waals surface area (Å²) in [4.78, 5) is 8.88. The lowest BCUT2D eigenvalue weighted by Gasteiger charge is -2.30. The van der Waals surface area contributed by atoms with Gasteiger partial charge in [0.25, 0.3) is 0 Å². The SMILES string of the molecule is CCS(=O)(=O)c1ccc(CNC(C)C=NC[C@H](C)NCC2CCC(C(F)(F)F)CC2)nc1. The minimum absolute atomic E-state index is 0.0145. The van der Waals surface area contributed by atoms with E-state index in [0.717, 1.165) is 12.2 Å². The summed E-state index contributed by atoms with van der Waals surface area (Å²) in [5.41, 5.74) is 0.746. The van der Waals surface area contributed by atoms with E-state index in [1.54, 1.807) is 19.1 Å². The predicted molar refractivity (Wildman–Crippen MR) is 121 cm³/mol. The van der Waals surface area contributed by atoms with Crippen molar-refractivity contribution < 1.29 is 21.6 Å². The summed E-state index contributed by atoms with van der Waals surface area (Å²) in [6.45, 7) is 7.40. The fourth-order valence-electron chi connectivity index (χ4n) is 3.69. The molecule has 10 heteroatoms. The van der Waals surface area contributed by atoms with Crippen LogP contribution in [0.4, 0.5) is 13.2 Å². The van der Waals surface area contributed by atoms with Gasteiger partial charge in [0.2, 0.25) is 0 Å². The van der Waals surface area contributed by atoms with Gasteiger partial charge in [0, 0.05) is 31.0 Å². The molecule has 2 rings (SSSR count). The van der Waals surface area contributed by atoms with Gasteiger partial charge in [-0.1, -0.05) is 6.92 Å². The predicted octanol–water partition coefficient (Wildman–Crippen LogP) is 3.77. The number of halogens is 3. The van der Waals surface area contributed by atoms with Crippen molar-refractivity contribution in [2.24, 2.45) is 16.8 Å². The van der Waals surface area contributed by atoms with Gasteiger partial charge in [-0.3, -0.25) is 9.98 Å². The van der Waals surface area contributed by atoms with Gasteiger partial charge in [0.15, 0.2) is 9.84 Å². The van der Waals surface area contributed by atoms with Crippen molar-refractivity contribution in [1.82, 2.24) is 15.6 Å². The van der Waals surface area contributed by atoms with Crippen LogP contribution in [-0.2, 0) is 16.4 Å². The van der Waals surface area contributed by atoms with Crippen molar-refractivity contribution in [3.8, 4) is 0 Å². The molecule has 0 spiro atoms. The molecule has 0 radical (unpaired) electrons. The lowest BCUT2D eigenvalue weighted by atomic mass is 9.81. The number of nitrogens with zero attached hydrogens (tertiary/aromatic N) is 2. The summed E-state index contributed by atoms with van der Waals surface area (Å²) in [7, 11) is -3.24. The lowest BCUT2D eigenvalue weighted by Crippen LogP contribution is -2.36. The Bertz CT molecular complexity index is 821. The highest BCUT2D eigenvalue weighted by molar-refractivity contribution is 7.91. The first-order valence-corrected chi connectivity index (χ1v) is 12.9. The van der Waals surface area contributed by atoms with Gasteiger partial charge >= 0.3 is 6.18 Å². The standard InChI is InChI=1S/C22H35F3N4O2S/c1-4-32(30,31)21-10-9-20(29-15-21)14-28-17(3)12-26-11-16(2)27-13-18-5-7-19(8-6-18)22(23,24)25/h9-10,12,15-19,27-28H,4-8,11,13-14H2,1-3H3/t16-,17?,18?,19?/m0/s1. The van der Waals surface area contributed by atoms with E-state index in [2.05, 4.69) is 20.6 Å². The van der Waals surface area contributed by atoms with E-state index in [9.17, 15) is 21.6 Å². The van der Waals surface area contributed by atoms with Crippen molar-refractivity contribution in [1.29, 1.82) is 0 Å². The monoisotopic (exact) mass is 476 g/mol.